The van der Waals surface area contributed by atoms with Crippen LogP contribution < -0.4 is 24.8 Å². The van der Waals surface area contributed by atoms with Crippen LogP contribution in [0.1, 0.15) is 30.9 Å². The van der Waals surface area contributed by atoms with E-state index in [0.717, 1.165) is 35.5 Å². The molecule has 2 N–H and O–H groups in total. The molecule has 0 saturated carbocycles. The van der Waals surface area contributed by atoms with Gasteiger partial charge < -0.3 is 24.8 Å². The second kappa shape index (κ2) is 11.4. The summed E-state index contributed by atoms with van der Waals surface area (Å²) in [6, 6.07) is 16.0. The van der Waals surface area contributed by atoms with Crippen LogP contribution in [0.25, 0.3) is 0 Å². The van der Waals surface area contributed by atoms with E-state index in [-0.39, 0.29) is 11.2 Å². The standard InChI is InChI=1S/C24H29ClN4O3/c1-4-5-14-32-24-27-22(25)21(26)23(28-24)29(15-17-6-10-19(30-2)11-7-17)16-18-8-12-20(31-3)13-9-18/h6-13H,4-5,14-16,26H2,1-3H3. The molecule has 32 heavy (non-hydrogen) atoms. The molecular weight excluding hydrogens is 428 g/mol. The average molecular weight is 457 g/mol. The van der Waals surface area contributed by atoms with Gasteiger partial charge in [-0.25, -0.2) is 0 Å². The fourth-order valence-electron chi connectivity index (χ4n) is 3.13. The van der Waals surface area contributed by atoms with Crippen molar-refractivity contribution in [1.82, 2.24) is 9.97 Å². The lowest BCUT2D eigenvalue weighted by Gasteiger charge is -2.26. The summed E-state index contributed by atoms with van der Waals surface area (Å²) in [5, 5.41) is 0.177. The van der Waals surface area contributed by atoms with E-state index in [1.807, 2.05) is 48.5 Å². The zero-order valence-corrected chi connectivity index (χ0v) is 19.4. The number of benzene rings is 2. The summed E-state index contributed by atoms with van der Waals surface area (Å²) >= 11 is 6.35. The van der Waals surface area contributed by atoms with Crippen molar-refractivity contribution in [3.8, 4) is 17.5 Å². The van der Waals surface area contributed by atoms with Gasteiger partial charge in [0, 0.05) is 13.1 Å². The zero-order valence-electron chi connectivity index (χ0n) is 18.7. The first kappa shape index (κ1) is 23.5. The summed E-state index contributed by atoms with van der Waals surface area (Å²) in [4.78, 5) is 10.8. The number of halogens is 1. The van der Waals surface area contributed by atoms with Gasteiger partial charge in [0.1, 0.15) is 17.2 Å². The predicted molar refractivity (Wildman–Crippen MR) is 128 cm³/mol. The van der Waals surface area contributed by atoms with Gasteiger partial charge in [0.05, 0.1) is 20.8 Å². The van der Waals surface area contributed by atoms with E-state index in [0.29, 0.717) is 31.2 Å². The molecule has 170 valence electrons. The molecule has 0 amide bonds. The first-order chi connectivity index (χ1) is 15.5. The van der Waals surface area contributed by atoms with E-state index >= 15 is 0 Å². The molecule has 2 aromatic carbocycles. The lowest BCUT2D eigenvalue weighted by atomic mass is 10.1. The number of anilines is 2. The number of nitrogens with two attached hydrogens (primary N) is 1. The van der Waals surface area contributed by atoms with Crippen LogP contribution in [0.5, 0.6) is 17.5 Å². The van der Waals surface area contributed by atoms with Crippen molar-refractivity contribution in [2.75, 3.05) is 31.5 Å². The number of unbranched alkanes of at least 4 members (excludes halogenated alkanes) is 1. The molecule has 0 spiro atoms. The molecular formula is C24H29ClN4O3. The van der Waals surface area contributed by atoms with Crippen LogP contribution in [0.2, 0.25) is 5.15 Å². The molecule has 7 nitrogen and oxygen atoms in total. The first-order valence-corrected chi connectivity index (χ1v) is 10.9. The normalized spacial score (nSPS) is 10.6. The SMILES string of the molecule is CCCCOc1nc(Cl)c(N)c(N(Cc2ccc(OC)cc2)Cc2ccc(OC)cc2)n1. The van der Waals surface area contributed by atoms with Crippen molar-refractivity contribution in [2.24, 2.45) is 0 Å². The maximum Gasteiger partial charge on any atom is 0.319 e. The molecule has 3 aromatic rings. The van der Waals surface area contributed by atoms with Gasteiger partial charge in [-0.15, -0.1) is 0 Å². The lowest BCUT2D eigenvalue weighted by Crippen LogP contribution is -2.25. The molecule has 1 aromatic heterocycles. The Balaban J connectivity index is 1.94. The molecule has 8 heteroatoms. The molecule has 0 unspecified atom stereocenters. The van der Waals surface area contributed by atoms with Crippen LogP contribution in [0.15, 0.2) is 48.5 Å². The van der Waals surface area contributed by atoms with Crippen LogP contribution >= 0.6 is 11.6 Å². The van der Waals surface area contributed by atoms with Crippen molar-refractivity contribution in [3.05, 3.63) is 64.8 Å². The Morgan fingerprint density at radius 2 is 1.41 bits per heavy atom. The van der Waals surface area contributed by atoms with Crippen molar-refractivity contribution in [2.45, 2.75) is 32.9 Å². The van der Waals surface area contributed by atoms with Gasteiger partial charge in [0.2, 0.25) is 0 Å². The van der Waals surface area contributed by atoms with Crippen molar-refractivity contribution < 1.29 is 14.2 Å². The zero-order chi connectivity index (χ0) is 22.9. The number of rotatable bonds is 11. The van der Waals surface area contributed by atoms with E-state index in [1.165, 1.54) is 0 Å². The number of nitrogen functional groups attached to an aromatic ring is 1. The van der Waals surface area contributed by atoms with Gasteiger partial charge in [-0.3, -0.25) is 0 Å². The Morgan fingerprint density at radius 3 is 1.88 bits per heavy atom. The summed E-state index contributed by atoms with van der Waals surface area (Å²) < 4.78 is 16.3. The molecule has 3 rings (SSSR count). The van der Waals surface area contributed by atoms with Crippen molar-refractivity contribution in [3.63, 3.8) is 0 Å². The second-order valence-corrected chi connectivity index (χ2v) is 7.65. The van der Waals surface area contributed by atoms with Gasteiger partial charge in [-0.1, -0.05) is 49.2 Å². The van der Waals surface area contributed by atoms with Crippen molar-refractivity contribution in [1.29, 1.82) is 0 Å². The third kappa shape index (κ3) is 6.17. The predicted octanol–water partition coefficient (Wildman–Crippen LogP) is 5.12. The molecule has 0 fully saturated rings. The summed E-state index contributed by atoms with van der Waals surface area (Å²) in [7, 11) is 3.29. The molecule has 0 aliphatic heterocycles. The monoisotopic (exact) mass is 456 g/mol. The minimum Gasteiger partial charge on any atom is -0.497 e. The third-order valence-corrected chi connectivity index (χ3v) is 5.24. The average Bonchev–Trinajstić information content (AvgIpc) is 2.82. The van der Waals surface area contributed by atoms with E-state index in [9.17, 15) is 0 Å². The number of hydrogen-bond donors (Lipinski definition) is 1. The summed E-state index contributed by atoms with van der Waals surface area (Å²) in [6.07, 6.45) is 1.92. The second-order valence-electron chi connectivity index (χ2n) is 7.29. The van der Waals surface area contributed by atoms with E-state index in [4.69, 9.17) is 31.5 Å². The third-order valence-electron chi connectivity index (χ3n) is 4.95. The van der Waals surface area contributed by atoms with Crippen LogP contribution in [0, 0.1) is 0 Å². The summed E-state index contributed by atoms with van der Waals surface area (Å²) in [6.45, 7) is 3.73. The number of hydrogen-bond acceptors (Lipinski definition) is 7. The highest BCUT2D eigenvalue weighted by atomic mass is 35.5. The number of ether oxygens (including phenoxy) is 3. The van der Waals surface area contributed by atoms with E-state index in [2.05, 4.69) is 21.8 Å². The van der Waals surface area contributed by atoms with Gasteiger partial charge in [0.15, 0.2) is 11.0 Å². The topological polar surface area (TPSA) is 82.7 Å². The maximum atomic E-state index is 6.35. The summed E-state index contributed by atoms with van der Waals surface area (Å²) in [5.74, 6) is 2.13. The molecule has 1 heterocycles. The highest BCUT2D eigenvalue weighted by Gasteiger charge is 2.19. The quantitative estimate of drug-likeness (QED) is 0.317. The Hall–Kier alpha value is -3.19. The Bertz CT molecular complexity index is 948. The van der Waals surface area contributed by atoms with Gasteiger partial charge in [-0.2, -0.15) is 9.97 Å². The molecule has 0 atom stereocenters. The number of aromatic nitrogens is 2. The van der Waals surface area contributed by atoms with Gasteiger partial charge >= 0.3 is 6.01 Å². The fourth-order valence-corrected chi connectivity index (χ4v) is 3.29. The van der Waals surface area contributed by atoms with Crippen LogP contribution in [0.4, 0.5) is 11.5 Å². The number of methoxy groups -OCH3 is 2. The molecule has 0 bridgehead atoms. The van der Waals surface area contributed by atoms with Crippen LogP contribution in [-0.2, 0) is 13.1 Å². The first-order valence-electron chi connectivity index (χ1n) is 10.5. The molecule has 0 aliphatic rings. The van der Waals surface area contributed by atoms with Crippen molar-refractivity contribution >= 4 is 23.1 Å². The lowest BCUT2D eigenvalue weighted by molar-refractivity contribution is 0.285. The largest absolute Gasteiger partial charge is 0.497 e. The Labute approximate surface area is 194 Å². The highest BCUT2D eigenvalue weighted by Crippen LogP contribution is 2.32. The van der Waals surface area contributed by atoms with Gasteiger partial charge in [0.25, 0.3) is 0 Å². The molecule has 0 radical (unpaired) electrons. The molecule has 0 aliphatic carbocycles. The van der Waals surface area contributed by atoms with Crippen LogP contribution in [0.3, 0.4) is 0 Å². The maximum absolute atomic E-state index is 6.35. The van der Waals surface area contributed by atoms with Crippen LogP contribution in [-0.4, -0.2) is 30.8 Å². The minimum atomic E-state index is 0.177. The van der Waals surface area contributed by atoms with E-state index in [1.54, 1.807) is 14.2 Å². The Morgan fingerprint density at radius 1 is 0.875 bits per heavy atom. The minimum absolute atomic E-state index is 0.177. The Kier molecular flexibility index (Phi) is 8.39. The highest BCUT2D eigenvalue weighted by molar-refractivity contribution is 6.32. The van der Waals surface area contributed by atoms with E-state index < -0.39 is 0 Å². The molecule has 0 saturated heterocycles. The smallest absolute Gasteiger partial charge is 0.319 e. The number of nitrogens with zero attached hydrogens (tertiary/aromatic N) is 3. The summed E-state index contributed by atoms with van der Waals surface area (Å²) in [5.41, 5.74) is 8.77. The van der Waals surface area contributed by atoms with Gasteiger partial charge in [-0.05, 0) is 41.8 Å². The fraction of sp³-hybridized carbons (Fsp3) is 0.333.